The molecule has 1 saturated heterocycles. The van der Waals surface area contributed by atoms with Crippen LogP contribution in [0.4, 0.5) is 5.69 Å². The number of Topliss-reactive ketones (excluding diaryl/α,β-unsaturated/α-hetero) is 1. The summed E-state index contributed by atoms with van der Waals surface area (Å²) in [5.74, 6) is -2.92. The number of aliphatic carboxylic acids is 1. The van der Waals surface area contributed by atoms with Crippen molar-refractivity contribution in [2.75, 3.05) is 4.90 Å². The van der Waals surface area contributed by atoms with Crippen LogP contribution in [0.15, 0.2) is 24.5 Å². The maximum atomic E-state index is 13.2. The van der Waals surface area contributed by atoms with Gasteiger partial charge in [-0.15, -0.1) is 0 Å². The quantitative estimate of drug-likeness (QED) is 0.593. The first-order valence-electron chi connectivity index (χ1n) is 10.1. The molecular formula is C21H27N3O5. The summed E-state index contributed by atoms with van der Waals surface area (Å²) in [6.07, 6.45) is 2.10. The van der Waals surface area contributed by atoms with Crippen LogP contribution in [0, 0.1) is 11.8 Å². The fourth-order valence-electron chi connectivity index (χ4n) is 4.32. The number of anilines is 1. The number of carbonyl (C=O) groups excluding carboxylic acids is 2. The van der Waals surface area contributed by atoms with Gasteiger partial charge in [-0.25, -0.2) is 4.98 Å². The molecule has 1 aromatic carbocycles. The summed E-state index contributed by atoms with van der Waals surface area (Å²) in [7, 11) is 0. The Kier molecular flexibility index (Phi) is 6.32. The molecule has 1 aromatic heterocycles. The highest BCUT2D eigenvalue weighted by Gasteiger charge is 2.52. The number of carboxylic acids is 1. The van der Waals surface area contributed by atoms with E-state index in [1.54, 1.807) is 24.5 Å². The lowest BCUT2D eigenvalue weighted by Gasteiger charge is -2.29. The largest absolute Gasteiger partial charge is 0.481 e. The van der Waals surface area contributed by atoms with Crippen LogP contribution in [0.25, 0.3) is 11.0 Å². The lowest BCUT2D eigenvalue weighted by atomic mass is 9.81. The van der Waals surface area contributed by atoms with E-state index in [-0.39, 0.29) is 24.5 Å². The number of nitrogens with zero attached hydrogens (tertiary/aromatic N) is 2. The van der Waals surface area contributed by atoms with Crippen LogP contribution in [0.3, 0.4) is 0 Å². The zero-order chi connectivity index (χ0) is 21.1. The SMILES string of the molecule is CCCC(CC)C(=O)C1C(O)C(=O)N(c2ccc3nc[nH]c3c2)C1CCC(=O)O. The third-order valence-electron chi connectivity index (χ3n) is 5.77. The molecule has 8 heteroatoms. The van der Waals surface area contributed by atoms with Crippen LogP contribution in [0.1, 0.15) is 46.0 Å². The molecule has 8 nitrogen and oxygen atoms in total. The van der Waals surface area contributed by atoms with E-state index in [1.165, 1.54) is 4.90 Å². The number of amides is 1. The first-order chi connectivity index (χ1) is 13.9. The average Bonchev–Trinajstić information content (AvgIpc) is 3.26. The van der Waals surface area contributed by atoms with E-state index in [9.17, 15) is 24.6 Å². The maximum absolute atomic E-state index is 13.2. The van der Waals surface area contributed by atoms with Crippen LogP contribution in [-0.4, -0.2) is 50.0 Å². The molecule has 156 valence electrons. The van der Waals surface area contributed by atoms with E-state index in [0.29, 0.717) is 24.0 Å². The van der Waals surface area contributed by atoms with Gasteiger partial charge in [-0.2, -0.15) is 0 Å². The Bertz CT molecular complexity index is 909. The maximum Gasteiger partial charge on any atom is 0.303 e. The highest BCUT2D eigenvalue weighted by Crippen LogP contribution is 2.37. The lowest BCUT2D eigenvalue weighted by Crippen LogP contribution is -2.40. The number of fused-ring (bicyclic) bond motifs is 1. The predicted octanol–water partition coefficient (Wildman–Crippen LogP) is 2.52. The minimum atomic E-state index is -1.47. The van der Waals surface area contributed by atoms with Gasteiger partial charge in [0.05, 0.1) is 29.3 Å². The number of nitrogens with one attached hydrogen (secondary N) is 1. The smallest absolute Gasteiger partial charge is 0.303 e. The molecule has 0 spiro atoms. The summed E-state index contributed by atoms with van der Waals surface area (Å²) in [6.45, 7) is 3.90. The molecule has 29 heavy (non-hydrogen) atoms. The Morgan fingerprint density at radius 3 is 2.72 bits per heavy atom. The topological polar surface area (TPSA) is 124 Å². The standard InChI is InChI=1S/C21H27N3O5/c1-3-5-12(4-2)19(27)18-16(8-9-17(25)26)24(21(29)20(18)28)13-6-7-14-15(10-13)23-11-22-14/h6-7,10-12,16,18,20,28H,3-5,8-9H2,1-2H3,(H,22,23)(H,25,26). The number of benzene rings is 1. The van der Waals surface area contributed by atoms with Gasteiger partial charge in [-0.05, 0) is 37.5 Å². The number of aromatic amines is 1. The molecule has 1 aliphatic heterocycles. The second-order valence-electron chi connectivity index (χ2n) is 7.58. The molecule has 4 unspecified atom stereocenters. The van der Waals surface area contributed by atoms with E-state index in [1.807, 2.05) is 13.8 Å². The number of H-pyrrole nitrogens is 1. The van der Waals surface area contributed by atoms with Crippen molar-refractivity contribution in [3.05, 3.63) is 24.5 Å². The fraction of sp³-hybridized carbons (Fsp3) is 0.524. The Balaban J connectivity index is 2.00. The first kappa shape index (κ1) is 21.0. The predicted molar refractivity (Wildman–Crippen MR) is 107 cm³/mol. The van der Waals surface area contributed by atoms with E-state index in [0.717, 1.165) is 11.9 Å². The number of carbonyl (C=O) groups is 3. The molecule has 0 saturated carbocycles. The van der Waals surface area contributed by atoms with Gasteiger partial charge < -0.3 is 20.1 Å². The average molecular weight is 401 g/mol. The Labute approximate surface area is 168 Å². The van der Waals surface area contributed by atoms with Gasteiger partial charge >= 0.3 is 5.97 Å². The van der Waals surface area contributed by atoms with Gasteiger partial charge in [-0.1, -0.05) is 20.3 Å². The number of imidazole rings is 1. The second kappa shape index (κ2) is 8.73. The number of carboxylic acid groups (broad SMARTS) is 1. The van der Waals surface area contributed by atoms with Gasteiger partial charge in [0.1, 0.15) is 11.9 Å². The number of aromatic nitrogens is 2. The summed E-state index contributed by atoms with van der Waals surface area (Å²) in [5.41, 5.74) is 1.96. The van der Waals surface area contributed by atoms with E-state index in [2.05, 4.69) is 9.97 Å². The summed E-state index contributed by atoms with van der Waals surface area (Å²) < 4.78 is 0. The van der Waals surface area contributed by atoms with E-state index in [4.69, 9.17) is 0 Å². The van der Waals surface area contributed by atoms with Crippen molar-refractivity contribution < 1.29 is 24.6 Å². The van der Waals surface area contributed by atoms with Crippen LogP contribution in [0.5, 0.6) is 0 Å². The monoisotopic (exact) mass is 401 g/mol. The normalized spacial score (nSPS) is 22.9. The van der Waals surface area contributed by atoms with Crippen molar-refractivity contribution in [2.45, 2.75) is 58.1 Å². The molecule has 0 radical (unpaired) electrons. The Hall–Kier alpha value is -2.74. The van der Waals surface area contributed by atoms with Gasteiger partial charge in [0, 0.05) is 18.0 Å². The van der Waals surface area contributed by atoms with Crippen LogP contribution in [-0.2, 0) is 14.4 Å². The van der Waals surface area contributed by atoms with Crippen molar-refractivity contribution >= 4 is 34.4 Å². The van der Waals surface area contributed by atoms with Crippen LogP contribution >= 0.6 is 0 Å². The van der Waals surface area contributed by atoms with Crippen molar-refractivity contribution in [1.82, 2.24) is 9.97 Å². The van der Waals surface area contributed by atoms with Gasteiger partial charge in [0.2, 0.25) is 0 Å². The molecule has 0 bridgehead atoms. The molecule has 0 aliphatic carbocycles. The van der Waals surface area contributed by atoms with Gasteiger partial charge in [-0.3, -0.25) is 14.4 Å². The van der Waals surface area contributed by atoms with Crippen LogP contribution in [0.2, 0.25) is 0 Å². The summed E-state index contributed by atoms with van der Waals surface area (Å²) >= 11 is 0. The Morgan fingerprint density at radius 2 is 2.07 bits per heavy atom. The molecule has 1 amide bonds. The number of aliphatic hydroxyl groups is 1. The number of rotatable bonds is 9. The lowest BCUT2D eigenvalue weighted by molar-refractivity contribution is -0.138. The molecule has 2 heterocycles. The molecule has 3 N–H and O–H groups in total. The number of ketones is 1. The van der Waals surface area contributed by atoms with Gasteiger partial charge in [0.25, 0.3) is 5.91 Å². The van der Waals surface area contributed by atoms with Crippen LogP contribution < -0.4 is 4.90 Å². The molecular weight excluding hydrogens is 374 g/mol. The molecule has 1 fully saturated rings. The van der Waals surface area contributed by atoms with Crippen molar-refractivity contribution in [2.24, 2.45) is 11.8 Å². The Morgan fingerprint density at radius 1 is 1.31 bits per heavy atom. The van der Waals surface area contributed by atoms with E-state index >= 15 is 0 Å². The molecule has 2 aromatic rings. The molecule has 1 aliphatic rings. The first-order valence-corrected chi connectivity index (χ1v) is 10.1. The van der Waals surface area contributed by atoms with Crippen molar-refractivity contribution in [3.63, 3.8) is 0 Å². The summed E-state index contributed by atoms with van der Waals surface area (Å²) in [4.78, 5) is 45.9. The third kappa shape index (κ3) is 4.03. The van der Waals surface area contributed by atoms with Crippen molar-refractivity contribution in [3.8, 4) is 0 Å². The number of hydrogen-bond donors (Lipinski definition) is 3. The zero-order valence-electron chi connectivity index (χ0n) is 16.7. The fourth-order valence-corrected chi connectivity index (χ4v) is 4.32. The molecule has 3 rings (SSSR count). The number of hydrogen-bond acceptors (Lipinski definition) is 5. The van der Waals surface area contributed by atoms with Crippen molar-refractivity contribution in [1.29, 1.82) is 0 Å². The highest BCUT2D eigenvalue weighted by atomic mass is 16.4. The highest BCUT2D eigenvalue weighted by molar-refractivity contribution is 6.06. The third-order valence-corrected chi connectivity index (χ3v) is 5.77. The van der Waals surface area contributed by atoms with Gasteiger partial charge in [0.15, 0.2) is 0 Å². The summed E-state index contributed by atoms with van der Waals surface area (Å²) in [6, 6.07) is 4.48. The van der Waals surface area contributed by atoms with E-state index < -0.39 is 29.9 Å². The zero-order valence-corrected chi connectivity index (χ0v) is 16.7. The molecule has 4 atom stereocenters. The summed E-state index contributed by atoms with van der Waals surface area (Å²) in [5, 5.41) is 19.9. The minimum Gasteiger partial charge on any atom is -0.481 e. The minimum absolute atomic E-state index is 0.0953. The second-order valence-corrected chi connectivity index (χ2v) is 7.58. The number of aliphatic hydroxyl groups excluding tert-OH is 1.